The van der Waals surface area contributed by atoms with Crippen LogP contribution in [0.3, 0.4) is 0 Å². The van der Waals surface area contributed by atoms with Gasteiger partial charge in [0.2, 0.25) is 36.1 Å². The number of hydrogen-bond donors (Lipinski definition) is 13. The summed E-state index contributed by atoms with van der Waals surface area (Å²) in [7, 11) is -4.83. The molecule has 112 heavy (non-hydrogen) atoms. The minimum Gasteiger partial charge on any atom is -0.508 e. The van der Waals surface area contributed by atoms with E-state index in [2.05, 4.69) is 59.8 Å². The van der Waals surface area contributed by atoms with E-state index in [4.69, 9.17) is 60.8 Å². The van der Waals surface area contributed by atoms with Gasteiger partial charge in [0.25, 0.3) is 12.3 Å². The number of aryl methyl sites for hydroxylation is 1. The van der Waals surface area contributed by atoms with Crippen LogP contribution in [0.2, 0.25) is 0 Å². The predicted molar refractivity (Wildman–Crippen MR) is 383 cm³/mol. The van der Waals surface area contributed by atoms with Crippen LogP contribution in [0.1, 0.15) is 27.8 Å². The fourth-order valence-corrected chi connectivity index (χ4v) is 11.6. The van der Waals surface area contributed by atoms with Crippen LogP contribution in [0.25, 0.3) is 115 Å². The van der Waals surface area contributed by atoms with Gasteiger partial charge < -0.3 is 101 Å². The molecule has 2 unspecified atom stereocenters. The number of benzene rings is 8. The Morgan fingerprint density at radius 2 is 0.848 bits per heavy atom. The first-order chi connectivity index (χ1) is 53.3. The number of ether oxygens (including phenoxy) is 4. The van der Waals surface area contributed by atoms with Crippen LogP contribution in [0.15, 0.2) is 165 Å². The average Bonchev–Trinajstić information content (AvgIpc) is 1.54. The molecule has 584 valence electrons. The zero-order chi connectivity index (χ0) is 80.9. The third kappa shape index (κ3) is 17.9. The van der Waals surface area contributed by atoms with E-state index >= 15 is 0 Å². The van der Waals surface area contributed by atoms with Gasteiger partial charge in [-0.3, -0.25) is 4.55 Å². The second kappa shape index (κ2) is 33.9. The van der Waals surface area contributed by atoms with E-state index < -0.39 is 124 Å². The van der Waals surface area contributed by atoms with Crippen LogP contribution in [-0.4, -0.2) is 168 Å². The summed E-state index contributed by atoms with van der Waals surface area (Å²) in [5.74, 6) is -7.82. The van der Waals surface area contributed by atoms with Gasteiger partial charge in [-0.05, 0) is 116 Å². The summed E-state index contributed by atoms with van der Waals surface area (Å²) >= 11 is 0.399. The van der Waals surface area contributed by atoms with Gasteiger partial charge in [-0.2, -0.15) is 8.42 Å². The molecule has 6 heterocycles. The van der Waals surface area contributed by atoms with Gasteiger partial charge in [0, 0.05) is 62.7 Å². The highest BCUT2D eigenvalue weighted by molar-refractivity contribution is 7.90. The molecule has 0 amide bonds. The third-order valence-corrected chi connectivity index (χ3v) is 17.0. The molecule has 10 atom stereocenters. The van der Waals surface area contributed by atoms with Crippen LogP contribution in [0.5, 0.6) is 40.2 Å². The Bertz CT molecular complexity index is 5720. The van der Waals surface area contributed by atoms with Crippen molar-refractivity contribution in [3.8, 4) is 86.1 Å². The van der Waals surface area contributed by atoms with E-state index in [1.807, 2.05) is 19.1 Å². The Hall–Kier alpha value is -12.3. The summed E-state index contributed by atoms with van der Waals surface area (Å²) in [6, 6.07) is 27.0. The van der Waals surface area contributed by atoms with Crippen LogP contribution in [-0.2, 0) is 38.8 Å². The third-order valence-electron chi connectivity index (χ3n) is 16.3. The summed E-state index contributed by atoms with van der Waals surface area (Å²) < 4.78 is 143. The van der Waals surface area contributed by atoms with E-state index in [1.54, 1.807) is 18.2 Å². The number of aliphatic hydroxyl groups is 6. The number of phenols is 3. The zero-order valence-electron chi connectivity index (χ0n) is 56.9. The van der Waals surface area contributed by atoms with Gasteiger partial charge in [0.05, 0.1) is 0 Å². The molecular formula is C73H58F4N4O29S2. The average molecular weight is 1600 g/mol. The molecule has 12 aromatic rings. The highest BCUT2D eigenvalue weighted by Gasteiger charge is 2.50. The lowest BCUT2D eigenvalue weighted by molar-refractivity contribution is -0.433. The second-order valence-corrected chi connectivity index (χ2v) is 25.3. The molecule has 2 saturated heterocycles. The number of aliphatic carboxylic acids is 2. The second-order valence-electron chi connectivity index (χ2n) is 23.8. The molecule has 8 aromatic carbocycles. The first-order valence-corrected chi connectivity index (χ1v) is 34.0. The topological polar surface area (TPSA) is 509 Å². The molecule has 2 aliphatic rings. The number of oxazole rings is 4. The molecule has 0 saturated carbocycles. The van der Waals surface area contributed by atoms with E-state index in [9.17, 15) is 81.5 Å². The van der Waals surface area contributed by atoms with Crippen molar-refractivity contribution in [2.75, 3.05) is 0 Å². The molecule has 0 bridgehead atoms. The number of carboxylic acids is 2. The van der Waals surface area contributed by atoms with Crippen LogP contribution < -0.4 is 17.8 Å². The van der Waals surface area contributed by atoms with E-state index in [1.165, 1.54) is 78.9 Å². The first-order valence-electron chi connectivity index (χ1n) is 32.0. The minimum absolute atomic E-state index is 0.0275. The van der Waals surface area contributed by atoms with Crippen LogP contribution >= 0.6 is 12.3 Å². The van der Waals surface area contributed by atoms with Gasteiger partial charge >= 0.3 is 22.3 Å². The van der Waals surface area contributed by atoms with Gasteiger partial charge in [0.15, 0.2) is 80.8 Å². The molecule has 0 spiro atoms. The number of nitrogens with zero attached hydrogens (tertiary/aromatic N) is 4. The first kappa shape index (κ1) is 80.7. The van der Waals surface area contributed by atoms with Gasteiger partial charge in [-0.15, -0.1) is 0 Å². The van der Waals surface area contributed by atoms with Crippen molar-refractivity contribution in [1.29, 1.82) is 0 Å². The van der Waals surface area contributed by atoms with Crippen molar-refractivity contribution >= 4 is 103 Å². The summed E-state index contributed by atoms with van der Waals surface area (Å²) in [4.78, 5) is 39.5. The van der Waals surface area contributed by atoms with Crippen molar-refractivity contribution in [2.45, 2.75) is 68.3 Å². The molecule has 33 nitrogen and oxygen atoms in total. The Morgan fingerprint density at radius 3 is 1.26 bits per heavy atom. The normalized spacial score (nSPS) is 19.4. The van der Waals surface area contributed by atoms with Gasteiger partial charge in [0.1, 0.15) is 75.9 Å². The smallest absolute Gasteiger partial charge is 0.446 e. The predicted octanol–water partition coefficient (Wildman–Crippen LogP) is 10.6. The summed E-state index contributed by atoms with van der Waals surface area (Å²) in [5, 5.41) is 117. The molecule has 2 aliphatic heterocycles. The maximum absolute atomic E-state index is 14.7. The molecule has 13 N–H and O–H groups in total. The Kier molecular flexibility index (Phi) is 24.4. The number of phenolic OH excluding ortho intramolecular Hbond substituents is 3. The molecule has 39 heteroatoms. The number of aromatic nitrogens is 4. The lowest BCUT2D eigenvalue weighted by Gasteiger charge is -2.38. The SMILES string of the molecule is C=Cc1cc(C)cc2nc(-c3ccc(OC4O[C@H](C(=O)O)[C@@H](O)[C@H](O)[C@H]4O)c(F)c3)oc12.C=Cc1cc(O)cc2nc(-c3ccc(OS(=O)(=O)O)c(F)c3)oc12.C=Cc1cc(OC2O[C@H](C(=O)O)[C@@H](O)[C@H](O)[C@H]2O)cc2nc(-c3ccc(O)c(F)c3)oc12.C=Cc1cc(OSOOO)cc2nc(-c3ccc(O)c(F)c3)oc12. The maximum atomic E-state index is 14.7. The summed E-state index contributed by atoms with van der Waals surface area (Å²) in [6.45, 7) is 16.6. The molecule has 0 radical (unpaired) electrons. The Labute approximate surface area is 629 Å². The van der Waals surface area contributed by atoms with Gasteiger partial charge in [-0.1, -0.05) is 60.0 Å². The van der Waals surface area contributed by atoms with Crippen LogP contribution in [0.4, 0.5) is 17.6 Å². The van der Waals surface area contributed by atoms with E-state index in [0.717, 1.165) is 47.5 Å². The minimum atomic E-state index is -4.83. The number of carboxylic acid groups (broad SMARTS) is 2. The Morgan fingerprint density at radius 1 is 0.473 bits per heavy atom. The Balaban J connectivity index is 0.000000149. The summed E-state index contributed by atoms with van der Waals surface area (Å²) in [5.41, 5.74) is 7.59. The monoisotopic (exact) mass is 1590 g/mol. The fraction of sp³-hybridized carbons (Fsp3) is 0.151. The van der Waals surface area contributed by atoms with Crippen molar-refractivity contribution in [2.24, 2.45) is 0 Å². The zero-order valence-corrected chi connectivity index (χ0v) is 58.6. The summed E-state index contributed by atoms with van der Waals surface area (Å²) in [6.07, 6.45) is -11.9. The number of hydrogen-bond acceptors (Lipinski definition) is 31. The lowest BCUT2D eigenvalue weighted by Crippen LogP contribution is -2.61. The maximum Gasteiger partial charge on any atom is 0.446 e. The molecular weight excluding hydrogens is 1540 g/mol. The quantitative estimate of drug-likeness (QED) is 0.00842. The molecule has 4 aromatic heterocycles. The van der Waals surface area contributed by atoms with Crippen molar-refractivity contribution in [1.82, 2.24) is 19.9 Å². The lowest BCUT2D eigenvalue weighted by atomic mass is 9.99. The van der Waals surface area contributed by atoms with Crippen LogP contribution in [0, 0.1) is 30.2 Å². The standard InChI is InChI=1S/C22H20FNO8.C21H18FNO9.2C15H10FNO6S/c1-3-10-6-9(2)7-13-18(10)31-20(24-13)11-4-5-14(12(23)8-11)30-22-17(27)15(25)16(26)19(32-22)21(28)29;1-2-8-5-10(30-21-16(27)14(25)15(26)18(32-21)20(28)29)7-12-17(8)31-19(23-12)9-3-4-13(24)11(22)6-9;1-2-8-5-10(21-24-23-22-19)7-12-14(8)20-15(17-12)9-3-4-13(18)11(16)6-9;1-2-8-5-10(18)7-12-14(8)22-15(17-12)9-3-4-13(11(16)6-9)23-24(19,20)21/h3-8,15-17,19,22,25-27H,1H2,2H3,(H,28,29);2-7,14-16,18,21,24-27H,1H2,(H,28,29);2-7,18-19H,1H2;2-7,18H,1H2,(H,19,20,21)/t15-,16-,17+,19-,22?;14-,15-,16+,18-,21?;;/m00../s1. The van der Waals surface area contributed by atoms with E-state index in [0.29, 0.717) is 84.8 Å². The number of aliphatic hydroxyl groups excluding tert-OH is 6. The number of fused-ring (bicyclic) bond motifs is 4. The number of aromatic hydroxyl groups is 3. The highest BCUT2D eigenvalue weighted by atomic mass is 32.3. The van der Waals surface area contributed by atoms with Crippen molar-refractivity contribution in [3.63, 3.8) is 0 Å². The van der Waals surface area contributed by atoms with E-state index in [-0.39, 0.29) is 57.5 Å². The van der Waals surface area contributed by atoms with Gasteiger partial charge in [-0.25, -0.2) is 52.3 Å². The number of rotatable bonds is 20. The highest BCUT2D eigenvalue weighted by Crippen LogP contribution is 2.39. The fourth-order valence-electron chi connectivity index (χ4n) is 11.0. The molecule has 14 rings (SSSR count). The number of halogens is 4. The van der Waals surface area contributed by atoms with Crippen molar-refractivity contribution in [3.05, 3.63) is 199 Å². The molecule has 2 fully saturated rings. The molecule has 0 aliphatic carbocycles. The van der Waals surface area contributed by atoms with Crippen molar-refractivity contribution < 1.29 is 156 Å². The number of carbonyl (C=O) groups is 2. The largest absolute Gasteiger partial charge is 0.508 e.